The molecule has 28 heavy (non-hydrogen) atoms. The van der Waals surface area contributed by atoms with Crippen molar-refractivity contribution in [3.63, 3.8) is 0 Å². The molecule has 1 N–H and O–H groups in total. The van der Waals surface area contributed by atoms with Crippen LogP contribution in [-0.4, -0.2) is 20.2 Å². The van der Waals surface area contributed by atoms with Gasteiger partial charge in [-0.1, -0.05) is 42.3 Å². The van der Waals surface area contributed by atoms with Crippen LogP contribution in [0.25, 0.3) is 5.69 Å². The van der Waals surface area contributed by atoms with Gasteiger partial charge in [0.05, 0.1) is 11.2 Å². The zero-order valence-corrected chi connectivity index (χ0v) is 17.4. The Morgan fingerprint density at radius 3 is 2.46 bits per heavy atom. The standard InChI is InChI=1S/C22H26ClN5/c1-15-4-7-18(8-5-15)24-22(12-10-16(2)11-13-22)21-25-26-27-28(21)19-9-6-17(3)20(23)14-19/h4-9,14,16,24H,10-13H2,1-3H3. The minimum atomic E-state index is -0.303. The molecule has 146 valence electrons. The van der Waals surface area contributed by atoms with E-state index >= 15 is 0 Å². The van der Waals surface area contributed by atoms with E-state index < -0.39 is 0 Å². The molecule has 0 unspecified atom stereocenters. The van der Waals surface area contributed by atoms with Crippen LogP contribution in [0.5, 0.6) is 0 Å². The molecule has 0 spiro atoms. The third kappa shape index (κ3) is 3.63. The molecule has 2 aromatic carbocycles. The lowest BCUT2D eigenvalue weighted by molar-refractivity contribution is 0.255. The summed E-state index contributed by atoms with van der Waals surface area (Å²) in [6.45, 7) is 6.41. The third-order valence-electron chi connectivity index (χ3n) is 5.86. The Balaban J connectivity index is 1.76. The summed E-state index contributed by atoms with van der Waals surface area (Å²) in [5.74, 6) is 1.56. The number of hydrogen-bond donors (Lipinski definition) is 1. The highest BCUT2D eigenvalue weighted by atomic mass is 35.5. The fourth-order valence-electron chi connectivity index (χ4n) is 3.95. The van der Waals surface area contributed by atoms with E-state index in [0.717, 1.165) is 53.5 Å². The quantitative estimate of drug-likeness (QED) is 0.638. The average Bonchev–Trinajstić information content (AvgIpc) is 3.18. The van der Waals surface area contributed by atoms with Gasteiger partial charge in [0.25, 0.3) is 0 Å². The van der Waals surface area contributed by atoms with E-state index in [1.165, 1.54) is 5.56 Å². The number of nitrogens with one attached hydrogen (secondary N) is 1. The van der Waals surface area contributed by atoms with Gasteiger partial charge >= 0.3 is 0 Å². The van der Waals surface area contributed by atoms with Gasteiger partial charge in [-0.2, -0.15) is 4.68 Å². The molecular formula is C22H26ClN5. The maximum Gasteiger partial charge on any atom is 0.181 e. The highest BCUT2D eigenvalue weighted by Crippen LogP contribution is 2.41. The van der Waals surface area contributed by atoms with Crippen LogP contribution in [0.15, 0.2) is 42.5 Å². The first kappa shape index (κ1) is 18.9. The van der Waals surface area contributed by atoms with Gasteiger partial charge in [-0.25, -0.2) is 0 Å². The van der Waals surface area contributed by atoms with Gasteiger partial charge in [0.1, 0.15) is 0 Å². The first-order valence-corrected chi connectivity index (χ1v) is 10.2. The van der Waals surface area contributed by atoms with Crippen molar-refractivity contribution >= 4 is 17.3 Å². The van der Waals surface area contributed by atoms with Crippen LogP contribution < -0.4 is 5.32 Å². The number of tetrazole rings is 1. The van der Waals surface area contributed by atoms with E-state index in [2.05, 4.69) is 59.0 Å². The lowest BCUT2D eigenvalue weighted by Gasteiger charge is -2.39. The van der Waals surface area contributed by atoms with E-state index in [9.17, 15) is 0 Å². The predicted octanol–water partition coefficient (Wildman–Crippen LogP) is 5.45. The summed E-state index contributed by atoms with van der Waals surface area (Å²) in [6.07, 6.45) is 4.25. The molecule has 1 aliphatic rings. The van der Waals surface area contributed by atoms with Crippen LogP contribution in [-0.2, 0) is 5.54 Å². The number of anilines is 1. The first-order chi connectivity index (χ1) is 13.5. The highest BCUT2D eigenvalue weighted by molar-refractivity contribution is 6.31. The van der Waals surface area contributed by atoms with Gasteiger partial charge in [-0.05, 0) is 85.7 Å². The molecule has 1 saturated carbocycles. The SMILES string of the molecule is Cc1ccc(NC2(c3nnnn3-c3ccc(C)c(Cl)c3)CCC(C)CC2)cc1. The molecule has 4 rings (SSSR count). The van der Waals surface area contributed by atoms with Crippen molar-refractivity contribution in [1.82, 2.24) is 20.2 Å². The van der Waals surface area contributed by atoms with Gasteiger partial charge < -0.3 is 5.32 Å². The molecule has 1 aromatic heterocycles. The maximum atomic E-state index is 6.37. The largest absolute Gasteiger partial charge is 0.373 e. The van der Waals surface area contributed by atoms with E-state index in [0.29, 0.717) is 5.92 Å². The minimum Gasteiger partial charge on any atom is -0.373 e. The smallest absolute Gasteiger partial charge is 0.181 e. The van der Waals surface area contributed by atoms with E-state index in [-0.39, 0.29) is 5.54 Å². The van der Waals surface area contributed by atoms with Gasteiger partial charge in [0, 0.05) is 10.7 Å². The molecule has 3 aromatic rings. The highest BCUT2D eigenvalue weighted by Gasteiger charge is 2.40. The van der Waals surface area contributed by atoms with Crippen LogP contribution in [0.2, 0.25) is 5.02 Å². The molecule has 0 saturated heterocycles. The van der Waals surface area contributed by atoms with Crippen LogP contribution >= 0.6 is 11.6 Å². The lowest BCUT2D eigenvalue weighted by Crippen LogP contribution is -2.41. The zero-order valence-electron chi connectivity index (χ0n) is 16.6. The Bertz CT molecular complexity index is 955. The van der Waals surface area contributed by atoms with Crippen LogP contribution in [0.1, 0.15) is 49.6 Å². The fourth-order valence-corrected chi connectivity index (χ4v) is 4.12. The second kappa shape index (κ2) is 7.55. The molecule has 0 atom stereocenters. The predicted molar refractivity (Wildman–Crippen MR) is 113 cm³/mol. The summed E-state index contributed by atoms with van der Waals surface area (Å²) in [6, 6.07) is 14.5. The molecule has 1 aliphatic carbocycles. The first-order valence-electron chi connectivity index (χ1n) is 9.87. The molecule has 6 heteroatoms. The number of hydrogen-bond acceptors (Lipinski definition) is 4. The Kier molecular flexibility index (Phi) is 5.11. The van der Waals surface area contributed by atoms with Crippen molar-refractivity contribution in [3.05, 3.63) is 64.4 Å². The molecule has 5 nitrogen and oxygen atoms in total. The van der Waals surface area contributed by atoms with E-state index in [1.807, 2.05) is 29.8 Å². The normalized spacial score (nSPS) is 22.2. The lowest BCUT2D eigenvalue weighted by atomic mass is 9.76. The Hall–Kier alpha value is -2.40. The van der Waals surface area contributed by atoms with Gasteiger partial charge in [0.15, 0.2) is 5.82 Å². The Morgan fingerprint density at radius 2 is 1.79 bits per heavy atom. The minimum absolute atomic E-state index is 0.303. The molecule has 0 radical (unpaired) electrons. The molecule has 1 fully saturated rings. The summed E-state index contributed by atoms with van der Waals surface area (Å²) < 4.78 is 1.84. The van der Waals surface area contributed by atoms with Crippen LogP contribution in [0.4, 0.5) is 5.69 Å². The molecule has 1 heterocycles. The van der Waals surface area contributed by atoms with E-state index in [4.69, 9.17) is 11.6 Å². The number of rotatable bonds is 4. The molecule has 0 bridgehead atoms. The Morgan fingerprint density at radius 1 is 1.07 bits per heavy atom. The second-order valence-electron chi connectivity index (χ2n) is 8.10. The van der Waals surface area contributed by atoms with Crippen molar-refractivity contribution in [2.45, 2.75) is 52.0 Å². The topological polar surface area (TPSA) is 55.6 Å². The van der Waals surface area contributed by atoms with Gasteiger partial charge in [0.2, 0.25) is 0 Å². The summed E-state index contributed by atoms with van der Waals surface area (Å²) in [7, 11) is 0. The number of nitrogens with zero attached hydrogens (tertiary/aromatic N) is 4. The average molecular weight is 396 g/mol. The summed E-state index contributed by atoms with van der Waals surface area (Å²) in [4.78, 5) is 0. The number of aromatic nitrogens is 4. The summed E-state index contributed by atoms with van der Waals surface area (Å²) >= 11 is 6.37. The van der Waals surface area contributed by atoms with Crippen molar-refractivity contribution < 1.29 is 0 Å². The van der Waals surface area contributed by atoms with Crippen LogP contribution in [0.3, 0.4) is 0 Å². The maximum absolute atomic E-state index is 6.37. The Labute approximate surface area is 171 Å². The second-order valence-corrected chi connectivity index (χ2v) is 8.51. The van der Waals surface area contributed by atoms with Gasteiger partial charge in [-0.15, -0.1) is 5.10 Å². The monoisotopic (exact) mass is 395 g/mol. The van der Waals surface area contributed by atoms with Crippen molar-refractivity contribution in [2.75, 3.05) is 5.32 Å². The van der Waals surface area contributed by atoms with Crippen molar-refractivity contribution in [2.24, 2.45) is 5.92 Å². The zero-order chi connectivity index (χ0) is 19.7. The summed E-state index contributed by atoms with van der Waals surface area (Å²) in [5.41, 5.74) is 3.97. The van der Waals surface area contributed by atoms with Gasteiger partial charge in [-0.3, -0.25) is 0 Å². The molecule has 0 amide bonds. The number of benzene rings is 2. The van der Waals surface area contributed by atoms with Crippen molar-refractivity contribution in [1.29, 1.82) is 0 Å². The van der Waals surface area contributed by atoms with Crippen LogP contribution in [0, 0.1) is 19.8 Å². The summed E-state index contributed by atoms with van der Waals surface area (Å²) in [5, 5.41) is 17.3. The number of aryl methyl sites for hydroxylation is 2. The molecular weight excluding hydrogens is 370 g/mol. The number of halogens is 1. The van der Waals surface area contributed by atoms with Crippen molar-refractivity contribution in [3.8, 4) is 5.69 Å². The van der Waals surface area contributed by atoms with E-state index in [1.54, 1.807) is 0 Å². The fraction of sp³-hybridized carbons (Fsp3) is 0.409. The third-order valence-corrected chi connectivity index (χ3v) is 6.27. The molecule has 0 aliphatic heterocycles.